The molecule has 0 aliphatic rings. The minimum absolute atomic E-state index is 0.430. The highest BCUT2D eigenvalue weighted by Crippen LogP contribution is 2.03. The molecule has 4 heteroatoms. The van der Waals surface area contributed by atoms with Crippen molar-refractivity contribution in [2.75, 3.05) is 6.54 Å². The van der Waals surface area contributed by atoms with E-state index in [9.17, 15) is 0 Å². The molecule has 0 aromatic rings. The third kappa shape index (κ3) is 5.98. The zero-order chi connectivity index (χ0) is 7.28. The molecule has 0 heterocycles. The molecule has 0 aromatic carbocycles. The Labute approximate surface area is 57.4 Å². The monoisotopic (exact) mass is 149 g/mol. The molecule has 0 bridgehead atoms. The molecule has 0 saturated heterocycles. The molecule has 0 rings (SSSR count). The summed E-state index contributed by atoms with van der Waals surface area (Å²) in [7, 11) is -2.30. The lowest BCUT2D eigenvalue weighted by atomic mass is 10.1. The molecule has 9 heavy (non-hydrogen) atoms. The Morgan fingerprint density at radius 1 is 1.56 bits per heavy atom. The number of hydrogen-bond acceptors (Lipinski definition) is 3. The average Bonchev–Trinajstić information content (AvgIpc) is 1.83. The lowest BCUT2D eigenvalue weighted by Gasteiger charge is -2.06. The molecule has 0 fully saturated rings. The van der Waals surface area contributed by atoms with Gasteiger partial charge in [-0.3, -0.25) is 0 Å². The lowest BCUT2D eigenvalue weighted by Crippen LogP contribution is -2.16. The van der Waals surface area contributed by atoms with E-state index >= 15 is 0 Å². The van der Waals surface area contributed by atoms with Gasteiger partial charge in [0.05, 0.1) is 0 Å². The van der Waals surface area contributed by atoms with Crippen molar-refractivity contribution in [3.8, 4) is 0 Å². The molecule has 1 unspecified atom stereocenters. The molecule has 56 valence electrons. The van der Waals surface area contributed by atoms with Gasteiger partial charge in [0.25, 0.3) is 0 Å². The van der Waals surface area contributed by atoms with Gasteiger partial charge in [-0.15, -0.1) is 0 Å². The van der Waals surface area contributed by atoms with Crippen LogP contribution in [0.1, 0.15) is 13.3 Å². The minimum atomic E-state index is -2.30. The fraction of sp³-hybridized carbons (Fsp3) is 1.00. The van der Waals surface area contributed by atoms with Gasteiger partial charge in [-0.2, -0.15) is 0 Å². The minimum Gasteiger partial charge on any atom is -0.413 e. The second-order valence-corrected chi connectivity index (χ2v) is 3.94. The first-order chi connectivity index (χ1) is 4.16. The van der Waals surface area contributed by atoms with Crippen molar-refractivity contribution in [2.24, 2.45) is 11.7 Å². The molecule has 3 nitrogen and oxygen atoms in total. The molecule has 0 amide bonds. The quantitative estimate of drug-likeness (QED) is 0.457. The predicted octanol–water partition coefficient (Wildman–Crippen LogP) is -0.824. The van der Waals surface area contributed by atoms with Crippen molar-refractivity contribution in [3.63, 3.8) is 0 Å². The second kappa shape index (κ2) is 4.93. The van der Waals surface area contributed by atoms with E-state index in [-0.39, 0.29) is 0 Å². The third-order valence-corrected chi connectivity index (χ3v) is 2.17. The summed E-state index contributed by atoms with van der Waals surface area (Å²) in [5.74, 6) is 0.430. The van der Waals surface area contributed by atoms with Gasteiger partial charge in [-0.1, -0.05) is 6.92 Å². The number of nitrogens with two attached hydrogens (primary N) is 1. The van der Waals surface area contributed by atoms with Gasteiger partial charge in [-0.25, -0.2) is 0 Å². The highest BCUT2D eigenvalue weighted by atomic mass is 28.3. The summed E-state index contributed by atoms with van der Waals surface area (Å²) in [6.07, 6.45) is 0.848. The fourth-order valence-electron chi connectivity index (χ4n) is 0.551. The van der Waals surface area contributed by atoms with Crippen LogP contribution in [0.5, 0.6) is 0 Å². The first-order valence-electron chi connectivity index (χ1n) is 3.23. The van der Waals surface area contributed by atoms with Crippen molar-refractivity contribution in [1.82, 2.24) is 0 Å². The second-order valence-electron chi connectivity index (χ2n) is 2.40. The molecule has 0 aliphatic carbocycles. The average molecular weight is 149 g/mol. The van der Waals surface area contributed by atoms with E-state index in [1.807, 2.05) is 6.92 Å². The summed E-state index contributed by atoms with van der Waals surface area (Å²) < 4.78 is 0. The summed E-state index contributed by atoms with van der Waals surface area (Å²) in [4.78, 5) is 17.1. The van der Waals surface area contributed by atoms with E-state index in [2.05, 4.69) is 0 Å². The van der Waals surface area contributed by atoms with Crippen LogP contribution >= 0.6 is 0 Å². The molecule has 0 aliphatic heterocycles. The van der Waals surface area contributed by atoms with Crippen LogP contribution in [0.4, 0.5) is 0 Å². The van der Waals surface area contributed by atoms with Crippen LogP contribution in [0.15, 0.2) is 0 Å². The SMILES string of the molecule is CC(CN)CC[SiH](O)O. The van der Waals surface area contributed by atoms with E-state index < -0.39 is 9.28 Å². The summed E-state index contributed by atoms with van der Waals surface area (Å²) in [5.41, 5.74) is 5.31. The highest BCUT2D eigenvalue weighted by molar-refractivity contribution is 6.40. The fourth-order valence-corrected chi connectivity index (χ4v) is 1.42. The molecular formula is C5H15NO2Si. The smallest absolute Gasteiger partial charge is 0.316 e. The summed E-state index contributed by atoms with van der Waals surface area (Å²) in [6, 6.07) is 0.568. The van der Waals surface area contributed by atoms with Gasteiger partial charge in [0.15, 0.2) is 0 Å². The van der Waals surface area contributed by atoms with Crippen molar-refractivity contribution in [3.05, 3.63) is 0 Å². The number of rotatable bonds is 4. The molecule has 1 atom stereocenters. The normalized spacial score (nSPS) is 14.3. The topological polar surface area (TPSA) is 66.5 Å². The van der Waals surface area contributed by atoms with Gasteiger partial charge in [0, 0.05) is 0 Å². The van der Waals surface area contributed by atoms with E-state index in [0.29, 0.717) is 18.5 Å². The molecular weight excluding hydrogens is 134 g/mol. The Balaban J connectivity index is 3.06. The van der Waals surface area contributed by atoms with Gasteiger partial charge in [0.1, 0.15) is 0 Å². The Bertz CT molecular complexity index is 70.0. The maximum absolute atomic E-state index is 8.55. The maximum atomic E-state index is 8.55. The molecule has 0 aromatic heterocycles. The van der Waals surface area contributed by atoms with Crippen LogP contribution in [-0.4, -0.2) is 25.4 Å². The zero-order valence-corrected chi connectivity index (χ0v) is 6.90. The van der Waals surface area contributed by atoms with E-state index in [4.69, 9.17) is 15.3 Å². The third-order valence-electron chi connectivity index (χ3n) is 1.32. The van der Waals surface area contributed by atoms with Crippen molar-refractivity contribution >= 4 is 9.28 Å². The Hall–Kier alpha value is 0.0969. The van der Waals surface area contributed by atoms with Gasteiger partial charge < -0.3 is 15.3 Å². The summed E-state index contributed by atoms with van der Waals surface area (Å²) >= 11 is 0. The molecule has 4 N–H and O–H groups in total. The van der Waals surface area contributed by atoms with Crippen LogP contribution in [0.2, 0.25) is 6.04 Å². The van der Waals surface area contributed by atoms with Crippen molar-refractivity contribution in [2.45, 2.75) is 19.4 Å². The van der Waals surface area contributed by atoms with Crippen LogP contribution < -0.4 is 5.73 Å². The molecule has 0 saturated carbocycles. The van der Waals surface area contributed by atoms with Crippen molar-refractivity contribution < 1.29 is 9.59 Å². The standard InChI is InChI=1S/C5H15NO2Si/c1-5(4-6)2-3-9(7)8/h5,7-9H,2-4,6H2,1H3. The first kappa shape index (κ1) is 9.10. The van der Waals surface area contributed by atoms with Crippen LogP contribution in [0.3, 0.4) is 0 Å². The number of hydrogen-bond donors (Lipinski definition) is 3. The van der Waals surface area contributed by atoms with E-state index in [0.717, 1.165) is 6.42 Å². The largest absolute Gasteiger partial charge is 0.413 e. The Kier molecular flexibility index (Phi) is 4.98. The van der Waals surface area contributed by atoms with Gasteiger partial charge >= 0.3 is 9.28 Å². The zero-order valence-electron chi connectivity index (χ0n) is 5.75. The van der Waals surface area contributed by atoms with Crippen LogP contribution in [0, 0.1) is 5.92 Å². The Morgan fingerprint density at radius 2 is 2.11 bits per heavy atom. The van der Waals surface area contributed by atoms with Crippen LogP contribution in [-0.2, 0) is 0 Å². The van der Waals surface area contributed by atoms with Crippen molar-refractivity contribution in [1.29, 1.82) is 0 Å². The van der Waals surface area contributed by atoms with Gasteiger partial charge in [0.2, 0.25) is 0 Å². The Morgan fingerprint density at radius 3 is 2.44 bits per heavy atom. The highest BCUT2D eigenvalue weighted by Gasteiger charge is 2.04. The molecule has 0 radical (unpaired) electrons. The van der Waals surface area contributed by atoms with Gasteiger partial charge in [-0.05, 0) is 24.9 Å². The van der Waals surface area contributed by atoms with E-state index in [1.165, 1.54) is 0 Å². The summed E-state index contributed by atoms with van der Waals surface area (Å²) in [6.45, 7) is 2.65. The first-order valence-corrected chi connectivity index (χ1v) is 5.08. The maximum Gasteiger partial charge on any atom is 0.316 e. The molecule has 0 spiro atoms. The summed E-state index contributed by atoms with van der Waals surface area (Å²) in [5, 5.41) is 0. The lowest BCUT2D eigenvalue weighted by molar-refractivity contribution is 0.395. The predicted molar refractivity (Wildman–Crippen MR) is 39.2 cm³/mol. The van der Waals surface area contributed by atoms with Crippen LogP contribution in [0.25, 0.3) is 0 Å². The van der Waals surface area contributed by atoms with E-state index in [1.54, 1.807) is 0 Å².